The SMILES string of the molecule is CCCC1O[C@@H]2CC3[C@@H]4C[C@H](F)C5=CC(=O)C=C[C@]5(C)C4[C@@H](O)C[C@]3(C)[C@]2(C(=O)COC(=O)N(CC)CCNCC)O1. The van der Waals surface area contributed by atoms with Crippen LogP contribution in [0.25, 0.3) is 0 Å². The number of aliphatic hydroxyl groups is 1. The number of fused-ring (bicyclic) bond motifs is 7. The Morgan fingerprint density at radius 3 is 2.69 bits per heavy atom. The topological polar surface area (TPSA) is 114 Å². The van der Waals surface area contributed by atoms with Crippen molar-refractivity contribution in [3.63, 3.8) is 0 Å². The van der Waals surface area contributed by atoms with Gasteiger partial charge in [0.05, 0.1) is 12.2 Å². The minimum atomic E-state index is -1.42. The minimum Gasteiger partial charge on any atom is -0.441 e. The van der Waals surface area contributed by atoms with Crippen LogP contribution in [0.3, 0.4) is 0 Å². The van der Waals surface area contributed by atoms with E-state index < -0.39 is 53.8 Å². The first-order valence-electron chi connectivity index (χ1n) is 15.7. The van der Waals surface area contributed by atoms with Crippen LogP contribution >= 0.6 is 0 Å². The first-order valence-corrected chi connectivity index (χ1v) is 15.7. The van der Waals surface area contributed by atoms with Gasteiger partial charge in [-0.15, -0.1) is 0 Å². The molecule has 0 aromatic carbocycles. The number of carbonyl (C=O) groups excluding carboxylic acids is 3. The Morgan fingerprint density at radius 2 is 2.00 bits per heavy atom. The molecule has 10 heteroatoms. The maximum atomic E-state index is 15.8. The van der Waals surface area contributed by atoms with Gasteiger partial charge < -0.3 is 29.5 Å². The maximum Gasteiger partial charge on any atom is 0.410 e. The van der Waals surface area contributed by atoms with Crippen molar-refractivity contribution in [3.8, 4) is 0 Å². The Kier molecular flexibility index (Phi) is 8.75. The smallest absolute Gasteiger partial charge is 0.410 e. The van der Waals surface area contributed by atoms with Crippen LogP contribution in [-0.2, 0) is 23.8 Å². The van der Waals surface area contributed by atoms with Crippen LogP contribution in [0.2, 0.25) is 0 Å². The summed E-state index contributed by atoms with van der Waals surface area (Å²) in [7, 11) is 0. The number of carbonyl (C=O) groups is 3. The number of aliphatic hydroxyl groups excluding tert-OH is 1. The predicted octanol–water partition coefficient (Wildman–Crippen LogP) is 3.74. The molecule has 3 saturated carbocycles. The van der Waals surface area contributed by atoms with E-state index in [0.717, 1.165) is 13.0 Å². The number of alkyl halides is 1. The van der Waals surface area contributed by atoms with E-state index in [-0.39, 0.29) is 42.2 Å². The quantitative estimate of drug-likeness (QED) is 0.370. The molecule has 0 radical (unpaired) electrons. The molecule has 0 aromatic heterocycles. The van der Waals surface area contributed by atoms with Gasteiger partial charge in [0, 0.05) is 36.4 Å². The Labute approximate surface area is 248 Å². The molecule has 2 N–H and O–H groups in total. The van der Waals surface area contributed by atoms with Crippen molar-refractivity contribution in [1.29, 1.82) is 0 Å². The average Bonchev–Trinajstić information content (AvgIpc) is 3.42. The van der Waals surface area contributed by atoms with E-state index in [0.29, 0.717) is 38.0 Å². The highest BCUT2D eigenvalue weighted by molar-refractivity contribution is 6.01. The van der Waals surface area contributed by atoms with Crippen molar-refractivity contribution in [2.75, 3.05) is 32.8 Å². The highest BCUT2D eigenvalue weighted by Gasteiger charge is 2.76. The lowest BCUT2D eigenvalue weighted by molar-refractivity contribution is -0.202. The molecule has 5 aliphatic rings. The van der Waals surface area contributed by atoms with Crippen LogP contribution < -0.4 is 5.32 Å². The summed E-state index contributed by atoms with van der Waals surface area (Å²) in [5, 5.41) is 15.0. The number of allylic oxidation sites excluding steroid dienone is 4. The summed E-state index contributed by atoms with van der Waals surface area (Å²) in [4.78, 5) is 40.9. The molecule has 0 spiro atoms. The van der Waals surface area contributed by atoms with Gasteiger partial charge in [0.2, 0.25) is 5.78 Å². The third-order valence-electron chi connectivity index (χ3n) is 11.0. The third-order valence-corrected chi connectivity index (χ3v) is 11.0. The van der Waals surface area contributed by atoms with Gasteiger partial charge in [-0.05, 0) is 68.7 Å². The largest absolute Gasteiger partial charge is 0.441 e. The fraction of sp³-hybridized carbons (Fsp3) is 0.781. The number of nitrogens with zero attached hydrogens (tertiary/aromatic N) is 1. The fourth-order valence-electron chi connectivity index (χ4n) is 9.11. The van der Waals surface area contributed by atoms with Crippen LogP contribution in [0.5, 0.6) is 0 Å². The number of hydrogen-bond acceptors (Lipinski definition) is 8. The summed E-state index contributed by atoms with van der Waals surface area (Å²) in [6.07, 6.45) is 2.98. The monoisotopic (exact) mass is 590 g/mol. The maximum absolute atomic E-state index is 15.8. The number of rotatable bonds is 10. The lowest BCUT2D eigenvalue weighted by Gasteiger charge is -2.60. The molecular formula is C32H47FN2O7. The number of halogens is 1. The van der Waals surface area contributed by atoms with Crippen molar-refractivity contribution in [2.24, 2.45) is 28.6 Å². The van der Waals surface area contributed by atoms with Gasteiger partial charge in [-0.25, -0.2) is 9.18 Å². The fourth-order valence-corrected chi connectivity index (χ4v) is 9.11. The molecule has 3 unspecified atom stereocenters. The molecule has 9 nitrogen and oxygen atoms in total. The molecule has 42 heavy (non-hydrogen) atoms. The summed E-state index contributed by atoms with van der Waals surface area (Å²) >= 11 is 0. The minimum absolute atomic E-state index is 0.159. The number of ketones is 2. The predicted molar refractivity (Wildman–Crippen MR) is 153 cm³/mol. The Hall–Kier alpha value is -2.14. The number of likely N-dealkylation sites (N-methyl/N-ethyl adjacent to an activating group) is 2. The van der Waals surface area contributed by atoms with E-state index in [1.54, 1.807) is 11.0 Å². The number of ether oxygens (including phenoxy) is 3. The molecule has 0 bridgehead atoms. The lowest BCUT2D eigenvalue weighted by atomic mass is 9.46. The molecule has 10 atom stereocenters. The molecule has 1 aliphatic heterocycles. The summed E-state index contributed by atoms with van der Waals surface area (Å²) in [6.45, 7) is 11.6. The first kappa shape index (κ1) is 31.3. The highest BCUT2D eigenvalue weighted by Crippen LogP contribution is 2.70. The molecular weight excluding hydrogens is 543 g/mol. The zero-order chi connectivity index (χ0) is 30.4. The van der Waals surface area contributed by atoms with Gasteiger partial charge in [0.15, 0.2) is 24.3 Å². The lowest BCUT2D eigenvalue weighted by Crippen LogP contribution is -2.64. The van der Waals surface area contributed by atoms with Gasteiger partial charge in [-0.1, -0.05) is 40.2 Å². The zero-order valence-corrected chi connectivity index (χ0v) is 25.6. The molecule has 4 aliphatic carbocycles. The highest BCUT2D eigenvalue weighted by atomic mass is 19.1. The van der Waals surface area contributed by atoms with Crippen molar-refractivity contribution < 1.29 is 38.1 Å². The molecule has 1 heterocycles. The van der Waals surface area contributed by atoms with Crippen LogP contribution in [0, 0.1) is 28.6 Å². The summed E-state index contributed by atoms with van der Waals surface area (Å²) in [5.74, 6) is -1.36. The second kappa shape index (κ2) is 11.7. The van der Waals surface area contributed by atoms with Gasteiger partial charge in [-0.3, -0.25) is 9.59 Å². The second-order valence-electron chi connectivity index (χ2n) is 13.1. The van der Waals surface area contributed by atoms with Crippen LogP contribution in [0.1, 0.15) is 66.7 Å². The first-order chi connectivity index (χ1) is 20.0. The number of nitrogens with one attached hydrogen (secondary N) is 1. The number of hydrogen-bond donors (Lipinski definition) is 2. The third kappa shape index (κ3) is 4.77. The summed E-state index contributed by atoms with van der Waals surface area (Å²) in [6, 6.07) is 0. The molecule has 4 fully saturated rings. The van der Waals surface area contributed by atoms with Gasteiger partial charge in [0.25, 0.3) is 0 Å². The number of amides is 1. The van der Waals surface area contributed by atoms with Crippen molar-refractivity contribution in [1.82, 2.24) is 10.2 Å². The summed E-state index contributed by atoms with van der Waals surface area (Å²) in [5.41, 5.74) is -2.67. The van der Waals surface area contributed by atoms with Crippen LogP contribution in [0.4, 0.5) is 9.18 Å². The standard InChI is InChI=1S/C32H47FN2O7/c1-6-9-27-41-26-16-21-20-15-23(33)22-14-19(36)10-11-30(22,4)28(20)24(37)17-31(21,5)32(26,42-27)25(38)18-40-29(39)35(8-3)13-12-34-7-2/h10-11,14,20-21,23-24,26-28,34,37H,6-9,12-13,15-18H2,1-5H3/t20-,21?,23-,24-,26+,27?,28?,30-,31-,32+/m0/s1. The zero-order valence-electron chi connectivity index (χ0n) is 25.6. The number of Topliss-reactive ketones (excluding diaryl/α,β-unsaturated/α-hetero) is 1. The van der Waals surface area contributed by atoms with E-state index in [2.05, 4.69) is 5.32 Å². The van der Waals surface area contributed by atoms with Crippen molar-refractivity contribution in [3.05, 3.63) is 23.8 Å². The Morgan fingerprint density at radius 1 is 1.24 bits per heavy atom. The Balaban J connectivity index is 1.44. The van der Waals surface area contributed by atoms with E-state index in [1.165, 1.54) is 12.2 Å². The van der Waals surface area contributed by atoms with E-state index in [9.17, 15) is 19.5 Å². The second-order valence-corrected chi connectivity index (χ2v) is 13.1. The average molecular weight is 591 g/mol. The molecule has 1 amide bonds. The van der Waals surface area contributed by atoms with Crippen molar-refractivity contribution in [2.45, 2.75) is 97.0 Å². The molecule has 234 valence electrons. The van der Waals surface area contributed by atoms with Gasteiger partial charge >= 0.3 is 6.09 Å². The summed E-state index contributed by atoms with van der Waals surface area (Å²) < 4.78 is 34.4. The van der Waals surface area contributed by atoms with E-state index in [4.69, 9.17) is 14.2 Å². The van der Waals surface area contributed by atoms with Crippen LogP contribution in [-0.4, -0.2) is 90.7 Å². The normalized spacial score (nSPS) is 41.8. The molecule has 1 saturated heterocycles. The van der Waals surface area contributed by atoms with Crippen molar-refractivity contribution >= 4 is 17.7 Å². The van der Waals surface area contributed by atoms with E-state index in [1.807, 2.05) is 34.6 Å². The van der Waals surface area contributed by atoms with E-state index >= 15 is 4.39 Å². The molecule has 5 rings (SSSR count). The van der Waals surface area contributed by atoms with Gasteiger partial charge in [0.1, 0.15) is 6.17 Å². The molecule has 0 aromatic rings. The van der Waals surface area contributed by atoms with Gasteiger partial charge in [-0.2, -0.15) is 0 Å². The Bertz CT molecular complexity index is 1140. The van der Waals surface area contributed by atoms with Crippen LogP contribution in [0.15, 0.2) is 23.8 Å².